The topological polar surface area (TPSA) is 116 Å². The third-order valence-corrected chi connectivity index (χ3v) is 3.70. The van der Waals surface area contributed by atoms with Gasteiger partial charge in [-0.2, -0.15) is 0 Å². The summed E-state index contributed by atoms with van der Waals surface area (Å²) in [6, 6.07) is 4.24. The van der Waals surface area contributed by atoms with Crippen LogP contribution in [0.2, 0.25) is 0 Å². The zero-order chi connectivity index (χ0) is 19.6. The molecular weight excluding hydrogens is 359 g/mol. The van der Waals surface area contributed by atoms with Crippen LogP contribution in [-0.2, 0) is 16.1 Å². The number of nitrogens with one attached hydrogen (secondary N) is 1. The summed E-state index contributed by atoms with van der Waals surface area (Å²) >= 11 is 0. The molecule has 0 aliphatic rings. The molecule has 27 heavy (non-hydrogen) atoms. The number of rotatable bonds is 5. The fraction of sp³-hybridized carbons (Fsp3) is 0.235. The number of esters is 1. The number of anilines is 1. The van der Waals surface area contributed by atoms with Crippen LogP contribution in [0.1, 0.15) is 23.0 Å². The first-order chi connectivity index (χ1) is 12.9. The van der Waals surface area contributed by atoms with Gasteiger partial charge in [0, 0.05) is 5.69 Å². The van der Waals surface area contributed by atoms with Crippen LogP contribution in [0.5, 0.6) is 0 Å². The van der Waals surface area contributed by atoms with Crippen molar-refractivity contribution in [3.63, 3.8) is 0 Å². The van der Waals surface area contributed by atoms with Crippen LogP contribution in [-0.4, -0.2) is 33.2 Å². The van der Waals surface area contributed by atoms with Crippen LogP contribution in [0, 0.1) is 12.7 Å². The molecule has 0 aliphatic carbocycles. The maximum Gasteiger partial charge on any atom is 0.361 e. The first-order valence-electron chi connectivity index (χ1n) is 7.98. The molecule has 0 spiro atoms. The van der Waals surface area contributed by atoms with Gasteiger partial charge in [0.15, 0.2) is 0 Å². The van der Waals surface area contributed by atoms with Gasteiger partial charge >= 0.3 is 5.97 Å². The smallest absolute Gasteiger partial charge is 0.361 e. The van der Waals surface area contributed by atoms with Crippen molar-refractivity contribution >= 4 is 28.7 Å². The van der Waals surface area contributed by atoms with E-state index >= 15 is 0 Å². The van der Waals surface area contributed by atoms with Crippen LogP contribution in [0.3, 0.4) is 0 Å². The average Bonchev–Trinajstić information content (AvgIpc) is 3.06. The van der Waals surface area contributed by atoms with E-state index in [-0.39, 0.29) is 29.1 Å². The Hall–Kier alpha value is -3.56. The SMILES string of the molecule is CCOC(=O)c1noc2ncn(CC(=O)Nc3ccc(C)c(F)c3)c(=O)c12. The number of amides is 1. The molecular formula is C17H15FN4O5. The molecule has 140 valence electrons. The van der Waals surface area contributed by atoms with Gasteiger partial charge in [-0.3, -0.25) is 14.2 Å². The van der Waals surface area contributed by atoms with Crippen LogP contribution in [0.4, 0.5) is 10.1 Å². The molecule has 0 saturated carbocycles. The van der Waals surface area contributed by atoms with E-state index in [4.69, 9.17) is 9.26 Å². The fourth-order valence-electron chi connectivity index (χ4n) is 2.36. The number of carbonyl (C=O) groups is 2. The van der Waals surface area contributed by atoms with Crippen molar-refractivity contribution in [1.29, 1.82) is 0 Å². The summed E-state index contributed by atoms with van der Waals surface area (Å²) in [4.78, 5) is 40.5. The molecule has 10 heteroatoms. The largest absolute Gasteiger partial charge is 0.461 e. The van der Waals surface area contributed by atoms with Gasteiger partial charge in [-0.1, -0.05) is 11.2 Å². The lowest BCUT2D eigenvalue weighted by molar-refractivity contribution is -0.116. The zero-order valence-corrected chi connectivity index (χ0v) is 14.5. The van der Waals surface area contributed by atoms with E-state index in [2.05, 4.69) is 15.5 Å². The first-order valence-corrected chi connectivity index (χ1v) is 7.98. The number of ether oxygens (including phenoxy) is 1. The van der Waals surface area contributed by atoms with Gasteiger partial charge in [-0.15, -0.1) is 0 Å². The van der Waals surface area contributed by atoms with Gasteiger partial charge in [0.25, 0.3) is 11.3 Å². The zero-order valence-electron chi connectivity index (χ0n) is 14.5. The van der Waals surface area contributed by atoms with Gasteiger partial charge in [0.1, 0.15) is 24.1 Å². The Kier molecular flexibility index (Phi) is 4.97. The van der Waals surface area contributed by atoms with Crippen molar-refractivity contribution in [2.75, 3.05) is 11.9 Å². The van der Waals surface area contributed by atoms with Crippen molar-refractivity contribution in [3.05, 3.63) is 52.0 Å². The molecule has 3 rings (SSSR count). The van der Waals surface area contributed by atoms with Crippen molar-refractivity contribution in [2.24, 2.45) is 0 Å². The van der Waals surface area contributed by atoms with E-state index in [9.17, 15) is 18.8 Å². The van der Waals surface area contributed by atoms with Crippen molar-refractivity contribution in [2.45, 2.75) is 20.4 Å². The molecule has 2 aromatic heterocycles. The number of aryl methyl sites for hydroxylation is 1. The summed E-state index contributed by atoms with van der Waals surface area (Å²) in [5, 5.41) is 5.83. The van der Waals surface area contributed by atoms with Gasteiger partial charge in [0.2, 0.25) is 11.6 Å². The fourth-order valence-corrected chi connectivity index (χ4v) is 2.36. The molecule has 0 radical (unpaired) electrons. The molecule has 9 nitrogen and oxygen atoms in total. The van der Waals surface area contributed by atoms with E-state index in [1.807, 2.05) is 0 Å². The van der Waals surface area contributed by atoms with Crippen LogP contribution in [0.25, 0.3) is 11.1 Å². The Balaban J connectivity index is 1.86. The number of halogens is 1. The second-order valence-electron chi connectivity index (χ2n) is 5.62. The minimum absolute atomic E-state index is 0.0944. The highest BCUT2D eigenvalue weighted by Crippen LogP contribution is 2.14. The van der Waals surface area contributed by atoms with Crippen molar-refractivity contribution in [1.82, 2.24) is 14.7 Å². The van der Waals surface area contributed by atoms with E-state index in [1.54, 1.807) is 19.9 Å². The number of benzene rings is 1. The lowest BCUT2D eigenvalue weighted by Gasteiger charge is -2.08. The van der Waals surface area contributed by atoms with Crippen LogP contribution < -0.4 is 10.9 Å². The second kappa shape index (κ2) is 7.36. The molecule has 0 fully saturated rings. The quantitative estimate of drug-likeness (QED) is 0.675. The minimum Gasteiger partial charge on any atom is -0.461 e. The van der Waals surface area contributed by atoms with E-state index in [0.717, 1.165) is 10.9 Å². The summed E-state index contributed by atoms with van der Waals surface area (Å²) in [5.74, 6) is -1.86. The molecule has 0 atom stereocenters. The Bertz CT molecular complexity index is 1090. The Labute approximate surface area is 151 Å². The normalized spacial score (nSPS) is 10.8. The predicted octanol–water partition coefficient (Wildman–Crippen LogP) is 1.65. The average molecular weight is 374 g/mol. The highest BCUT2D eigenvalue weighted by molar-refractivity contribution is 5.99. The summed E-state index contributed by atoms with van der Waals surface area (Å²) < 4.78 is 24.2. The molecule has 0 aliphatic heterocycles. The second-order valence-corrected chi connectivity index (χ2v) is 5.62. The Morgan fingerprint density at radius 3 is 2.85 bits per heavy atom. The Morgan fingerprint density at radius 1 is 1.37 bits per heavy atom. The predicted molar refractivity (Wildman–Crippen MR) is 91.8 cm³/mol. The maximum absolute atomic E-state index is 13.6. The third-order valence-electron chi connectivity index (χ3n) is 3.70. The van der Waals surface area contributed by atoms with Crippen molar-refractivity contribution < 1.29 is 23.2 Å². The van der Waals surface area contributed by atoms with E-state index < -0.39 is 29.8 Å². The summed E-state index contributed by atoms with van der Waals surface area (Å²) in [6.45, 7) is 2.90. The monoisotopic (exact) mass is 374 g/mol. The molecule has 0 unspecified atom stereocenters. The summed E-state index contributed by atoms with van der Waals surface area (Å²) in [7, 11) is 0. The molecule has 1 aromatic carbocycles. The molecule has 0 saturated heterocycles. The van der Waals surface area contributed by atoms with E-state index in [0.29, 0.717) is 5.56 Å². The summed E-state index contributed by atoms with van der Waals surface area (Å²) in [6.07, 6.45) is 1.10. The highest BCUT2D eigenvalue weighted by atomic mass is 19.1. The van der Waals surface area contributed by atoms with Gasteiger partial charge in [0.05, 0.1) is 6.61 Å². The third kappa shape index (κ3) is 3.68. The first kappa shape index (κ1) is 18.2. The molecule has 2 heterocycles. The van der Waals surface area contributed by atoms with Gasteiger partial charge in [-0.25, -0.2) is 14.2 Å². The van der Waals surface area contributed by atoms with Gasteiger partial charge < -0.3 is 14.6 Å². The van der Waals surface area contributed by atoms with E-state index in [1.165, 1.54) is 12.1 Å². The molecule has 0 bridgehead atoms. The van der Waals surface area contributed by atoms with Gasteiger partial charge in [-0.05, 0) is 31.5 Å². The lowest BCUT2D eigenvalue weighted by Crippen LogP contribution is -2.28. The lowest BCUT2D eigenvalue weighted by atomic mass is 10.2. The number of hydrogen-bond acceptors (Lipinski definition) is 7. The number of nitrogens with zero attached hydrogens (tertiary/aromatic N) is 3. The Morgan fingerprint density at radius 2 is 2.15 bits per heavy atom. The number of aromatic nitrogens is 3. The van der Waals surface area contributed by atoms with Crippen LogP contribution in [0.15, 0.2) is 33.8 Å². The van der Waals surface area contributed by atoms with Crippen molar-refractivity contribution in [3.8, 4) is 0 Å². The maximum atomic E-state index is 13.6. The number of hydrogen-bond donors (Lipinski definition) is 1. The summed E-state index contributed by atoms with van der Waals surface area (Å²) in [5.41, 5.74) is -0.435. The number of carbonyl (C=O) groups excluding carboxylic acids is 2. The number of fused-ring (bicyclic) bond motifs is 1. The minimum atomic E-state index is -0.826. The standard InChI is InChI=1S/C17H15FN4O5/c1-3-26-17(25)14-13-15(27-21-14)19-8-22(16(13)24)7-12(23)20-10-5-4-9(2)11(18)6-10/h4-6,8H,3,7H2,1-2H3,(H,20,23). The molecule has 3 aromatic rings. The highest BCUT2D eigenvalue weighted by Gasteiger charge is 2.22. The molecule has 1 amide bonds. The molecule has 1 N–H and O–H groups in total. The van der Waals surface area contributed by atoms with Crippen LogP contribution >= 0.6 is 0 Å².